The molecular formula is C22H24N2O4. The van der Waals surface area contributed by atoms with E-state index in [2.05, 4.69) is 12.2 Å². The Morgan fingerprint density at radius 1 is 1.11 bits per heavy atom. The highest BCUT2D eigenvalue weighted by molar-refractivity contribution is 5.83. The van der Waals surface area contributed by atoms with Gasteiger partial charge in [-0.15, -0.1) is 0 Å². The van der Waals surface area contributed by atoms with Crippen LogP contribution in [0.15, 0.2) is 54.6 Å². The van der Waals surface area contributed by atoms with Crippen molar-refractivity contribution in [3.63, 3.8) is 0 Å². The van der Waals surface area contributed by atoms with Crippen molar-refractivity contribution in [3.8, 4) is 11.8 Å². The van der Waals surface area contributed by atoms with Gasteiger partial charge in [0.1, 0.15) is 5.75 Å². The molecule has 28 heavy (non-hydrogen) atoms. The Morgan fingerprint density at radius 3 is 2.39 bits per heavy atom. The van der Waals surface area contributed by atoms with Crippen LogP contribution in [0, 0.1) is 11.3 Å². The highest BCUT2D eigenvalue weighted by Crippen LogP contribution is 2.18. The van der Waals surface area contributed by atoms with Gasteiger partial charge in [0.15, 0.2) is 12.7 Å². The van der Waals surface area contributed by atoms with Gasteiger partial charge in [0.2, 0.25) is 0 Å². The van der Waals surface area contributed by atoms with Gasteiger partial charge >= 0.3 is 5.97 Å². The molecule has 0 fully saturated rings. The van der Waals surface area contributed by atoms with Crippen molar-refractivity contribution >= 4 is 11.9 Å². The number of ether oxygens (including phenoxy) is 2. The average Bonchev–Trinajstić information content (AvgIpc) is 2.73. The molecule has 6 nitrogen and oxygen atoms in total. The Hall–Kier alpha value is -3.33. The van der Waals surface area contributed by atoms with Crippen LogP contribution in [-0.2, 0) is 14.3 Å². The maximum absolute atomic E-state index is 12.2. The van der Waals surface area contributed by atoms with Crippen LogP contribution in [0.4, 0.5) is 0 Å². The Labute approximate surface area is 165 Å². The zero-order valence-electron chi connectivity index (χ0n) is 16.1. The van der Waals surface area contributed by atoms with Gasteiger partial charge in [-0.05, 0) is 43.2 Å². The second-order valence-corrected chi connectivity index (χ2v) is 6.32. The molecule has 0 saturated carbocycles. The van der Waals surface area contributed by atoms with Crippen LogP contribution >= 0.6 is 0 Å². The van der Waals surface area contributed by atoms with Gasteiger partial charge in [-0.2, -0.15) is 5.26 Å². The predicted octanol–water partition coefficient (Wildman–Crippen LogP) is 3.18. The summed E-state index contributed by atoms with van der Waals surface area (Å²) in [6, 6.07) is 18.3. The fraction of sp³-hybridized carbons (Fsp3) is 0.318. The smallest absolute Gasteiger partial charge is 0.344 e. The summed E-state index contributed by atoms with van der Waals surface area (Å²) < 4.78 is 10.4. The third-order valence-electron chi connectivity index (χ3n) is 4.30. The molecule has 2 rings (SSSR count). The molecule has 0 radical (unpaired) electrons. The van der Waals surface area contributed by atoms with Crippen molar-refractivity contribution in [1.29, 1.82) is 5.26 Å². The summed E-state index contributed by atoms with van der Waals surface area (Å²) in [5, 5.41) is 11.6. The molecule has 1 amide bonds. The number of carbonyl (C=O) groups excluding carboxylic acids is 2. The molecule has 0 unspecified atom stereocenters. The van der Waals surface area contributed by atoms with E-state index in [1.54, 1.807) is 24.3 Å². The predicted molar refractivity (Wildman–Crippen MR) is 105 cm³/mol. The standard InChI is InChI=1S/C22H24N2O4/c1-3-18(19-7-5-4-6-8-19)14-24-22(26)16(2)28-21(25)15-27-20-11-9-17(13-23)10-12-20/h4-12,16,18H,3,14-15H2,1-2H3,(H,24,26)/t16-,18+/m1/s1. The molecule has 0 aromatic heterocycles. The summed E-state index contributed by atoms with van der Waals surface area (Å²) in [6.07, 6.45) is -0.0259. The van der Waals surface area contributed by atoms with Crippen molar-refractivity contribution in [2.24, 2.45) is 0 Å². The Morgan fingerprint density at radius 2 is 1.79 bits per heavy atom. The van der Waals surface area contributed by atoms with E-state index in [9.17, 15) is 9.59 Å². The zero-order chi connectivity index (χ0) is 20.4. The summed E-state index contributed by atoms with van der Waals surface area (Å²) in [5.41, 5.74) is 1.66. The average molecular weight is 380 g/mol. The largest absolute Gasteiger partial charge is 0.482 e. The number of benzene rings is 2. The molecule has 0 bridgehead atoms. The molecule has 146 valence electrons. The topological polar surface area (TPSA) is 88.4 Å². The second kappa shape index (κ2) is 10.7. The molecule has 1 N–H and O–H groups in total. The van der Waals surface area contributed by atoms with Gasteiger partial charge in [-0.25, -0.2) is 4.79 Å². The quantitative estimate of drug-likeness (QED) is 0.675. The molecule has 6 heteroatoms. The van der Waals surface area contributed by atoms with E-state index in [0.717, 1.165) is 12.0 Å². The fourth-order valence-corrected chi connectivity index (χ4v) is 2.64. The van der Waals surface area contributed by atoms with E-state index >= 15 is 0 Å². The summed E-state index contributed by atoms with van der Waals surface area (Å²) in [5.74, 6) is -0.335. The van der Waals surface area contributed by atoms with Crippen LogP contribution in [0.2, 0.25) is 0 Å². The van der Waals surface area contributed by atoms with Crippen molar-refractivity contribution in [2.45, 2.75) is 32.3 Å². The minimum Gasteiger partial charge on any atom is -0.482 e. The summed E-state index contributed by atoms with van der Waals surface area (Å²) >= 11 is 0. The number of nitriles is 1. The SMILES string of the molecule is CC[C@@H](CNC(=O)[C@@H](C)OC(=O)COc1ccc(C#N)cc1)c1ccccc1. The van der Waals surface area contributed by atoms with Crippen molar-refractivity contribution in [1.82, 2.24) is 5.32 Å². The highest BCUT2D eigenvalue weighted by atomic mass is 16.6. The molecule has 0 spiro atoms. The third kappa shape index (κ3) is 6.44. The Balaban J connectivity index is 1.76. The van der Waals surface area contributed by atoms with Crippen LogP contribution in [0.5, 0.6) is 5.75 Å². The first-order valence-electron chi connectivity index (χ1n) is 9.18. The van der Waals surface area contributed by atoms with Crippen LogP contribution in [0.25, 0.3) is 0 Å². The minimum absolute atomic E-state index is 0.202. The van der Waals surface area contributed by atoms with E-state index in [-0.39, 0.29) is 18.4 Å². The molecule has 2 aromatic rings. The maximum atomic E-state index is 12.2. The van der Waals surface area contributed by atoms with E-state index < -0.39 is 12.1 Å². The molecule has 0 aliphatic rings. The number of hydrogen-bond acceptors (Lipinski definition) is 5. The molecule has 0 aliphatic heterocycles. The lowest BCUT2D eigenvalue weighted by Crippen LogP contribution is -2.38. The van der Waals surface area contributed by atoms with Gasteiger partial charge in [-0.3, -0.25) is 4.79 Å². The molecule has 0 aliphatic carbocycles. The normalized spacial score (nSPS) is 12.3. The van der Waals surface area contributed by atoms with Crippen LogP contribution in [-0.4, -0.2) is 31.1 Å². The first-order valence-corrected chi connectivity index (χ1v) is 9.18. The third-order valence-corrected chi connectivity index (χ3v) is 4.30. The van der Waals surface area contributed by atoms with Gasteiger partial charge in [-0.1, -0.05) is 37.3 Å². The van der Waals surface area contributed by atoms with E-state index in [4.69, 9.17) is 14.7 Å². The fourth-order valence-electron chi connectivity index (χ4n) is 2.64. The Bertz CT molecular complexity index is 813. The summed E-state index contributed by atoms with van der Waals surface area (Å²) in [6.45, 7) is 3.75. The van der Waals surface area contributed by atoms with Gasteiger partial charge < -0.3 is 14.8 Å². The van der Waals surface area contributed by atoms with E-state index in [0.29, 0.717) is 17.9 Å². The number of hydrogen-bond donors (Lipinski definition) is 1. The number of rotatable bonds is 9. The van der Waals surface area contributed by atoms with Gasteiger partial charge in [0.25, 0.3) is 5.91 Å². The van der Waals surface area contributed by atoms with Crippen molar-refractivity contribution < 1.29 is 19.1 Å². The molecule has 0 heterocycles. The minimum atomic E-state index is -0.912. The van der Waals surface area contributed by atoms with E-state index in [1.165, 1.54) is 6.92 Å². The monoisotopic (exact) mass is 380 g/mol. The number of amides is 1. The lowest BCUT2D eigenvalue weighted by molar-refractivity contribution is -0.156. The maximum Gasteiger partial charge on any atom is 0.344 e. The lowest BCUT2D eigenvalue weighted by atomic mass is 9.96. The molecular weight excluding hydrogens is 356 g/mol. The highest BCUT2D eigenvalue weighted by Gasteiger charge is 2.19. The number of carbonyl (C=O) groups is 2. The Kier molecular flexibility index (Phi) is 8.04. The molecule has 2 aromatic carbocycles. The van der Waals surface area contributed by atoms with Crippen LogP contribution in [0.3, 0.4) is 0 Å². The first kappa shape index (κ1) is 21.0. The lowest BCUT2D eigenvalue weighted by Gasteiger charge is -2.18. The number of esters is 1. The number of nitrogens with one attached hydrogen (secondary N) is 1. The van der Waals surface area contributed by atoms with Crippen molar-refractivity contribution in [3.05, 3.63) is 65.7 Å². The molecule has 2 atom stereocenters. The van der Waals surface area contributed by atoms with Gasteiger partial charge in [0.05, 0.1) is 11.6 Å². The van der Waals surface area contributed by atoms with Gasteiger partial charge in [0, 0.05) is 12.5 Å². The second-order valence-electron chi connectivity index (χ2n) is 6.32. The van der Waals surface area contributed by atoms with E-state index in [1.807, 2.05) is 36.4 Å². The number of nitrogens with zero attached hydrogens (tertiary/aromatic N) is 1. The van der Waals surface area contributed by atoms with Crippen LogP contribution in [0.1, 0.15) is 37.3 Å². The summed E-state index contributed by atoms with van der Waals surface area (Å²) in [4.78, 5) is 24.1. The van der Waals surface area contributed by atoms with Crippen LogP contribution < -0.4 is 10.1 Å². The van der Waals surface area contributed by atoms with Crippen molar-refractivity contribution in [2.75, 3.05) is 13.2 Å². The summed E-state index contributed by atoms with van der Waals surface area (Å²) in [7, 11) is 0. The molecule has 0 saturated heterocycles. The zero-order valence-corrected chi connectivity index (χ0v) is 16.1. The first-order chi connectivity index (χ1) is 13.5.